The molecule has 0 fully saturated rings. The molecule has 4 amide bonds. The number of nitrogens with one attached hydrogen (secondary N) is 3. The van der Waals surface area contributed by atoms with Crippen LogP contribution in [0.2, 0.25) is 0 Å². The molecule has 0 spiro atoms. The van der Waals surface area contributed by atoms with Gasteiger partial charge in [0.15, 0.2) is 0 Å². The van der Waals surface area contributed by atoms with Crippen molar-refractivity contribution < 1.29 is 29.1 Å². The Morgan fingerprint density at radius 1 is 0.700 bits per heavy atom. The summed E-state index contributed by atoms with van der Waals surface area (Å²) in [5.74, 6) is -4.34. The molecule has 2 aromatic rings. The predicted molar refractivity (Wildman–Crippen MR) is 148 cm³/mol. The summed E-state index contributed by atoms with van der Waals surface area (Å²) in [5.41, 5.74) is 18.1. The lowest BCUT2D eigenvalue weighted by atomic mass is 10.0. The predicted octanol–water partition coefficient (Wildman–Crippen LogP) is -0.657. The van der Waals surface area contributed by atoms with Crippen LogP contribution in [0.15, 0.2) is 60.7 Å². The van der Waals surface area contributed by atoms with Gasteiger partial charge in [-0.25, -0.2) is 4.79 Å². The Balaban J connectivity index is 2.21. The molecular weight excluding hydrogens is 516 g/mol. The van der Waals surface area contributed by atoms with Crippen molar-refractivity contribution in [1.82, 2.24) is 16.0 Å². The highest BCUT2D eigenvalue weighted by Gasteiger charge is 2.31. The number of rotatable bonds is 17. The number of carbonyl (C=O) groups is 5. The summed E-state index contributed by atoms with van der Waals surface area (Å²) < 4.78 is 0. The summed E-state index contributed by atoms with van der Waals surface area (Å²) in [6, 6.07) is 12.7. The molecule has 12 heteroatoms. The van der Waals surface area contributed by atoms with Gasteiger partial charge in [0.25, 0.3) is 0 Å². The number of nitrogens with two attached hydrogens (primary N) is 3. The molecule has 0 aliphatic carbocycles. The van der Waals surface area contributed by atoms with Crippen LogP contribution in [0.25, 0.3) is 0 Å². The lowest BCUT2D eigenvalue weighted by molar-refractivity contribution is -0.142. The van der Waals surface area contributed by atoms with Gasteiger partial charge in [0.2, 0.25) is 23.6 Å². The Morgan fingerprint density at radius 3 is 1.68 bits per heavy atom. The largest absolute Gasteiger partial charge is 0.480 e. The summed E-state index contributed by atoms with van der Waals surface area (Å²) >= 11 is 0. The molecule has 2 rings (SSSR count). The minimum atomic E-state index is -1.39. The zero-order valence-electron chi connectivity index (χ0n) is 22.3. The molecule has 4 atom stereocenters. The van der Waals surface area contributed by atoms with Crippen LogP contribution in [0.3, 0.4) is 0 Å². The number of aliphatic carboxylic acids is 1. The van der Waals surface area contributed by atoms with Crippen LogP contribution in [0.1, 0.15) is 36.8 Å². The van der Waals surface area contributed by atoms with Crippen molar-refractivity contribution in [2.75, 3.05) is 6.54 Å². The summed E-state index contributed by atoms with van der Waals surface area (Å²) in [4.78, 5) is 62.7. The zero-order valence-corrected chi connectivity index (χ0v) is 22.3. The number of carboxylic acid groups (broad SMARTS) is 1. The first-order valence-electron chi connectivity index (χ1n) is 13.1. The lowest BCUT2D eigenvalue weighted by Gasteiger charge is -2.25. The maximum absolute atomic E-state index is 13.3. The van der Waals surface area contributed by atoms with Crippen molar-refractivity contribution in [3.8, 4) is 0 Å². The number of carbonyl (C=O) groups excluding carboxylic acids is 4. The highest BCUT2D eigenvalue weighted by molar-refractivity contribution is 5.96. The van der Waals surface area contributed by atoms with Gasteiger partial charge in [-0.1, -0.05) is 67.1 Å². The van der Waals surface area contributed by atoms with Crippen LogP contribution in [-0.2, 0) is 36.8 Å². The molecule has 0 saturated heterocycles. The zero-order chi connectivity index (χ0) is 29.5. The Morgan fingerprint density at radius 2 is 1.18 bits per heavy atom. The minimum Gasteiger partial charge on any atom is -0.480 e. The fourth-order valence-electron chi connectivity index (χ4n) is 3.98. The molecular formula is C28H38N6O6. The highest BCUT2D eigenvalue weighted by atomic mass is 16.4. The molecule has 0 bridgehead atoms. The second kappa shape index (κ2) is 16.6. The molecule has 0 saturated carbocycles. The molecule has 0 unspecified atom stereocenters. The second-order valence-electron chi connectivity index (χ2n) is 9.46. The molecule has 40 heavy (non-hydrogen) atoms. The van der Waals surface area contributed by atoms with Crippen molar-refractivity contribution in [2.45, 2.75) is 62.7 Å². The quantitative estimate of drug-likeness (QED) is 0.124. The minimum absolute atomic E-state index is 0.0198. The Kier molecular flexibility index (Phi) is 13.3. The van der Waals surface area contributed by atoms with Gasteiger partial charge in [0, 0.05) is 12.8 Å². The van der Waals surface area contributed by atoms with Crippen molar-refractivity contribution in [2.24, 2.45) is 17.2 Å². The van der Waals surface area contributed by atoms with E-state index < -0.39 is 60.2 Å². The number of primary amides is 1. The first-order chi connectivity index (χ1) is 19.1. The normalized spacial score (nSPS) is 13.8. The summed E-state index contributed by atoms with van der Waals surface area (Å²) in [6.45, 7) is 0.444. The van der Waals surface area contributed by atoms with Crippen LogP contribution in [0, 0.1) is 0 Å². The lowest BCUT2D eigenvalue weighted by Crippen LogP contribution is -2.58. The third-order valence-electron chi connectivity index (χ3n) is 6.16. The summed E-state index contributed by atoms with van der Waals surface area (Å²) in [7, 11) is 0. The van der Waals surface area contributed by atoms with Gasteiger partial charge in [0.05, 0.1) is 12.5 Å². The Labute approximate surface area is 233 Å². The maximum atomic E-state index is 13.3. The fraction of sp³-hybridized carbons (Fsp3) is 0.393. The average Bonchev–Trinajstić information content (AvgIpc) is 2.92. The first-order valence-corrected chi connectivity index (χ1v) is 13.1. The van der Waals surface area contributed by atoms with Crippen LogP contribution in [0.5, 0.6) is 0 Å². The van der Waals surface area contributed by atoms with Crippen molar-refractivity contribution in [3.63, 3.8) is 0 Å². The van der Waals surface area contributed by atoms with E-state index in [-0.39, 0.29) is 12.8 Å². The topological polar surface area (TPSA) is 220 Å². The standard InChI is InChI=1S/C28H38N6O6/c29-14-8-7-13-20(30)25(36)32-22(17-24(31)35)27(38)33-21(15-18-9-3-1-4-10-18)26(37)34-23(28(39)40)16-19-11-5-2-6-12-19/h1-6,9-12,20-23H,7-8,13-17,29-30H2,(H2,31,35)(H,32,36)(H,33,38)(H,34,37)(H,39,40)/t20-,21-,22-,23-/m0/s1. The smallest absolute Gasteiger partial charge is 0.326 e. The van der Waals surface area contributed by atoms with E-state index in [1.54, 1.807) is 60.7 Å². The van der Waals surface area contributed by atoms with Crippen LogP contribution in [0.4, 0.5) is 0 Å². The van der Waals surface area contributed by atoms with Crippen molar-refractivity contribution >= 4 is 29.6 Å². The van der Waals surface area contributed by atoms with Crippen LogP contribution >= 0.6 is 0 Å². The monoisotopic (exact) mass is 554 g/mol. The van der Waals surface area contributed by atoms with Crippen LogP contribution < -0.4 is 33.2 Å². The van der Waals surface area contributed by atoms with E-state index in [9.17, 15) is 29.1 Å². The van der Waals surface area contributed by atoms with Gasteiger partial charge in [-0.15, -0.1) is 0 Å². The molecule has 0 aliphatic heterocycles. The van der Waals surface area contributed by atoms with E-state index in [1.165, 1.54) is 0 Å². The van der Waals surface area contributed by atoms with E-state index in [0.29, 0.717) is 36.9 Å². The van der Waals surface area contributed by atoms with Gasteiger partial charge >= 0.3 is 5.97 Å². The summed E-state index contributed by atoms with van der Waals surface area (Å²) in [5, 5.41) is 17.2. The molecule has 0 heterocycles. The maximum Gasteiger partial charge on any atom is 0.326 e. The van der Waals surface area contributed by atoms with Crippen molar-refractivity contribution in [1.29, 1.82) is 0 Å². The van der Waals surface area contributed by atoms with E-state index in [2.05, 4.69) is 16.0 Å². The van der Waals surface area contributed by atoms with E-state index in [0.717, 1.165) is 0 Å². The van der Waals surface area contributed by atoms with E-state index >= 15 is 0 Å². The number of hydrogen-bond acceptors (Lipinski definition) is 7. The molecule has 12 nitrogen and oxygen atoms in total. The number of benzene rings is 2. The van der Waals surface area contributed by atoms with Crippen molar-refractivity contribution in [3.05, 3.63) is 71.8 Å². The third-order valence-corrected chi connectivity index (χ3v) is 6.16. The van der Waals surface area contributed by atoms with E-state index in [1.807, 2.05) is 0 Å². The number of hydrogen-bond donors (Lipinski definition) is 7. The van der Waals surface area contributed by atoms with Gasteiger partial charge in [-0.3, -0.25) is 19.2 Å². The molecule has 0 radical (unpaired) electrons. The molecule has 10 N–H and O–H groups in total. The number of carboxylic acids is 1. The van der Waals surface area contributed by atoms with Gasteiger partial charge in [-0.2, -0.15) is 0 Å². The molecule has 0 aromatic heterocycles. The molecule has 0 aliphatic rings. The average molecular weight is 555 g/mol. The number of unbranched alkanes of at least 4 members (excludes halogenated alkanes) is 1. The number of amides is 4. The molecule has 2 aromatic carbocycles. The van der Waals surface area contributed by atoms with Gasteiger partial charge < -0.3 is 38.3 Å². The molecule has 216 valence electrons. The fourth-order valence-corrected chi connectivity index (χ4v) is 3.98. The first kappa shape index (κ1) is 31.9. The third kappa shape index (κ3) is 11.2. The highest BCUT2D eigenvalue weighted by Crippen LogP contribution is 2.08. The van der Waals surface area contributed by atoms with Crippen LogP contribution in [-0.4, -0.2) is 65.4 Å². The SMILES string of the molecule is NCCCC[C@H](N)C(=O)N[C@@H](CC(N)=O)C(=O)N[C@@H](Cc1ccccc1)C(=O)N[C@@H](Cc1ccccc1)C(=O)O. The van der Waals surface area contributed by atoms with E-state index in [4.69, 9.17) is 17.2 Å². The van der Waals surface area contributed by atoms with Gasteiger partial charge in [0.1, 0.15) is 18.1 Å². The Bertz CT molecular complexity index is 1130. The Hall–Kier alpha value is -4.29. The van der Waals surface area contributed by atoms with Gasteiger partial charge in [-0.05, 0) is 30.5 Å². The summed E-state index contributed by atoms with van der Waals surface area (Å²) in [6.07, 6.45) is 1.11. The second-order valence-corrected chi connectivity index (χ2v) is 9.46.